The minimum Gasteiger partial charge on any atom is -0.383 e. The van der Waals surface area contributed by atoms with Crippen LogP contribution in [0.1, 0.15) is 45.5 Å². The van der Waals surface area contributed by atoms with Crippen LogP contribution in [-0.4, -0.2) is 29.7 Å². The number of nitrogen functional groups attached to an aromatic ring is 1. The van der Waals surface area contributed by atoms with Crippen LogP contribution < -0.4 is 16.6 Å². The molecule has 6 heteroatoms. The maximum Gasteiger partial charge on any atom is 0.148 e. The number of anilines is 2. The van der Waals surface area contributed by atoms with Crippen molar-refractivity contribution in [1.82, 2.24) is 9.97 Å². The summed E-state index contributed by atoms with van der Waals surface area (Å²) in [6, 6.07) is 0.215. The number of ether oxygens (including phenoxy) is 1. The first kappa shape index (κ1) is 16.7. The van der Waals surface area contributed by atoms with E-state index in [4.69, 9.17) is 10.6 Å². The molecule has 20 heavy (non-hydrogen) atoms. The molecule has 0 aliphatic heterocycles. The molecule has 114 valence electrons. The van der Waals surface area contributed by atoms with Gasteiger partial charge in [-0.25, -0.2) is 15.8 Å². The number of nitrogens with two attached hydrogens (primary N) is 1. The van der Waals surface area contributed by atoms with Crippen LogP contribution in [0.5, 0.6) is 0 Å². The average molecular weight is 281 g/mol. The van der Waals surface area contributed by atoms with Crippen LogP contribution in [0.4, 0.5) is 11.6 Å². The Labute approximate surface area is 121 Å². The lowest BCUT2D eigenvalue weighted by Gasteiger charge is -2.23. The van der Waals surface area contributed by atoms with Gasteiger partial charge < -0.3 is 15.5 Å². The van der Waals surface area contributed by atoms with Crippen LogP contribution in [-0.2, 0) is 10.2 Å². The molecule has 1 rings (SSSR count). The summed E-state index contributed by atoms with van der Waals surface area (Å²) in [4.78, 5) is 9.13. The van der Waals surface area contributed by atoms with Gasteiger partial charge in [-0.3, -0.25) is 0 Å². The first-order chi connectivity index (χ1) is 9.33. The SMILES string of the molecule is CCC(COC)Nc1nc(C(C)(C)C)nc(NN)c1C. The molecule has 0 saturated heterocycles. The quantitative estimate of drug-likeness (QED) is 0.547. The highest BCUT2D eigenvalue weighted by Gasteiger charge is 2.21. The van der Waals surface area contributed by atoms with Crippen LogP contribution in [0, 0.1) is 6.92 Å². The summed E-state index contributed by atoms with van der Waals surface area (Å²) in [6.45, 7) is 10.9. The van der Waals surface area contributed by atoms with Gasteiger partial charge in [0.1, 0.15) is 17.5 Å². The summed E-state index contributed by atoms with van der Waals surface area (Å²) >= 11 is 0. The zero-order valence-electron chi connectivity index (χ0n) is 13.4. The average Bonchev–Trinajstić information content (AvgIpc) is 2.38. The molecule has 1 heterocycles. The van der Waals surface area contributed by atoms with E-state index in [2.05, 4.69) is 48.4 Å². The van der Waals surface area contributed by atoms with Crippen molar-refractivity contribution in [2.45, 2.75) is 52.5 Å². The van der Waals surface area contributed by atoms with E-state index in [1.165, 1.54) is 0 Å². The van der Waals surface area contributed by atoms with E-state index in [1.807, 2.05) is 6.92 Å². The van der Waals surface area contributed by atoms with Gasteiger partial charge >= 0.3 is 0 Å². The Morgan fingerprint density at radius 1 is 1.25 bits per heavy atom. The van der Waals surface area contributed by atoms with E-state index in [1.54, 1.807) is 7.11 Å². The third-order valence-corrected chi connectivity index (χ3v) is 3.15. The van der Waals surface area contributed by atoms with Gasteiger partial charge in [-0.1, -0.05) is 27.7 Å². The molecule has 0 saturated carbocycles. The van der Waals surface area contributed by atoms with Gasteiger partial charge in [0.2, 0.25) is 0 Å². The summed E-state index contributed by atoms with van der Waals surface area (Å²) in [5.41, 5.74) is 3.42. The standard InChI is InChI=1S/C14H27N5O/c1-7-10(8-20-6)16-11-9(2)12(19-15)18-13(17-11)14(3,4)5/h10H,7-8,15H2,1-6H3,(H2,16,17,18,19). The second kappa shape index (κ2) is 6.85. The molecule has 0 aliphatic carbocycles. The van der Waals surface area contributed by atoms with E-state index in [9.17, 15) is 0 Å². The Hall–Kier alpha value is -1.40. The number of methoxy groups -OCH3 is 1. The van der Waals surface area contributed by atoms with Gasteiger partial charge in [0.25, 0.3) is 0 Å². The van der Waals surface area contributed by atoms with E-state index < -0.39 is 0 Å². The molecule has 0 spiro atoms. The fourth-order valence-corrected chi connectivity index (χ4v) is 1.79. The topological polar surface area (TPSA) is 85.1 Å². The highest BCUT2D eigenvalue weighted by molar-refractivity contribution is 5.57. The third kappa shape index (κ3) is 4.05. The molecule has 1 unspecified atom stereocenters. The molecule has 1 aromatic rings. The fraction of sp³-hybridized carbons (Fsp3) is 0.714. The lowest BCUT2D eigenvalue weighted by molar-refractivity contribution is 0.184. The first-order valence-corrected chi connectivity index (χ1v) is 6.94. The van der Waals surface area contributed by atoms with Gasteiger partial charge in [-0.15, -0.1) is 0 Å². The normalized spacial score (nSPS) is 13.2. The van der Waals surface area contributed by atoms with E-state index >= 15 is 0 Å². The predicted molar refractivity (Wildman–Crippen MR) is 82.9 cm³/mol. The van der Waals surface area contributed by atoms with Gasteiger partial charge in [0.05, 0.1) is 12.6 Å². The van der Waals surface area contributed by atoms with Crippen LogP contribution in [0.2, 0.25) is 0 Å². The molecule has 0 fully saturated rings. The van der Waals surface area contributed by atoms with Crippen molar-refractivity contribution in [3.05, 3.63) is 11.4 Å². The fourth-order valence-electron chi connectivity index (χ4n) is 1.79. The number of hydrogen-bond acceptors (Lipinski definition) is 6. The summed E-state index contributed by atoms with van der Waals surface area (Å²) in [6.07, 6.45) is 0.952. The predicted octanol–water partition coefficient (Wildman–Crippen LogP) is 2.21. The van der Waals surface area contributed by atoms with E-state index in [-0.39, 0.29) is 11.5 Å². The Balaban J connectivity index is 3.16. The van der Waals surface area contributed by atoms with Crippen molar-refractivity contribution in [3.63, 3.8) is 0 Å². The monoisotopic (exact) mass is 281 g/mol. The van der Waals surface area contributed by atoms with E-state index in [0.717, 1.165) is 23.6 Å². The number of nitrogens with one attached hydrogen (secondary N) is 2. The molecule has 0 bridgehead atoms. The number of rotatable bonds is 6. The minimum absolute atomic E-state index is 0.140. The van der Waals surface area contributed by atoms with Crippen LogP contribution in [0.15, 0.2) is 0 Å². The van der Waals surface area contributed by atoms with Crippen molar-refractivity contribution in [2.24, 2.45) is 5.84 Å². The molecule has 4 N–H and O–H groups in total. The van der Waals surface area contributed by atoms with Crippen molar-refractivity contribution < 1.29 is 4.74 Å². The highest BCUT2D eigenvalue weighted by Crippen LogP contribution is 2.26. The number of nitrogens with zero attached hydrogens (tertiary/aromatic N) is 2. The van der Waals surface area contributed by atoms with Crippen molar-refractivity contribution in [3.8, 4) is 0 Å². The highest BCUT2D eigenvalue weighted by atomic mass is 16.5. The van der Waals surface area contributed by atoms with Gasteiger partial charge in [-0.2, -0.15) is 0 Å². The molecule has 0 radical (unpaired) electrons. The zero-order valence-corrected chi connectivity index (χ0v) is 13.4. The Morgan fingerprint density at radius 2 is 1.85 bits per heavy atom. The van der Waals surface area contributed by atoms with Gasteiger partial charge in [-0.05, 0) is 13.3 Å². The maximum absolute atomic E-state index is 5.56. The molecular weight excluding hydrogens is 254 g/mol. The summed E-state index contributed by atoms with van der Waals surface area (Å²) < 4.78 is 5.21. The molecular formula is C14H27N5O. The first-order valence-electron chi connectivity index (χ1n) is 6.94. The Morgan fingerprint density at radius 3 is 2.30 bits per heavy atom. The molecule has 0 amide bonds. The summed E-state index contributed by atoms with van der Waals surface area (Å²) in [7, 11) is 1.70. The van der Waals surface area contributed by atoms with Crippen LogP contribution in [0.3, 0.4) is 0 Å². The second-order valence-corrected chi connectivity index (χ2v) is 5.97. The summed E-state index contributed by atoms with van der Waals surface area (Å²) in [5.74, 6) is 7.78. The molecule has 1 atom stereocenters. The second-order valence-electron chi connectivity index (χ2n) is 5.97. The van der Waals surface area contributed by atoms with Gasteiger partial charge in [0, 0.05) is 18.1 Å². The lowest BCUT2D eigenvalue weighted by atomic mass is 9.95. The van der Waals surface area contributed by atoms with Crippen molar-refractivity contribution in [2.75, 3.05) is 24.5 Å². The number of hydrogen-bond donors (Lipinski definition) is 3. The number of aromatic nitrogens is 2. The molecule has 6 nitrogen and oxygen atoms in total. The maximum atomic E-state index is 5.56. The largest absolute Gasteiger partial charge is 0.383 e. The molecule has 0 aromatic carbocycles. The van der Waals surface area contributed by atoms with Crippen LogP contribution in [0.25, 0.3) is 0 Å². The Bertz CT molecular complexity index is 442. The smallest absolute Gasteiger partial charge is 0.148 e. The van der Waals surface area contributed by atoms with Crippen LogP contribution >= 0.6 is 0 Å². The number of hydrazine groups is 1. The third-order valence-electron chi connectivity index (χ3n) is 3.15. The Kier molecular flexibility index (Phi) is 5.71. The van der Waals surface area contributed by atoms with Gasteiger partial charge in [0.15, 0.2) is 0 Å². The molecule has 1 aromatic heterocycles. The van der Waals surface area contributed by atoms with E-state index in [0.29, 0.717) is 12.4 Å². The molecule has 0 aliphatic rings. The lowest BCUT2D eigenvalue weighted by Crippen LogP contribution is -2.27. The zero-order chi connectivity index (χ0) is 15.3. The summed E-state index contributed by atoms with van der Waals surface area (Å²) in [5, 5.41) is 3.41. The van der Waals surface area contributed by atoms with Crippen molar-refractivity contribution >= 4 is 11.6 Å². The van der Waals surface area contributed by atoms with Crippen molar-refractivity contribution in [1.29, 1.82) is 0 Å². The minimum atomic E-state index is -0.140.